The van der Waals surface area contributed by atoms with Gasteiger partial charge in [0.15, 0.2) is 11.6 Å². The van der Waals surface area contributed by atoms with Crippen molar-refractivity contribution in [2.45, 2.75) is 44.9 Å². The van der Waals surface area contributed by atoms with E-state index < -0.39 is 45.2 Å². The number of carbonyl (C=O) groups is 1. The first-order chi connectivity index (χ1) is 14.8. The molecule has 32 heavy (non-hydrogen) atoms. The van der Waals surface area contributed by atoms with Crippen LogP contribution >= 0.6 is 0 Å². The fourth-order valence-electron chi connectivity index (χ4n) is 3.81. The molecule has 7 nitrogen and oxygen atoms in total. The lowest BCUT2D eigenvalue weighted by Gasteiger charge is -2.39. The minimum Gasteiger partial charge on any atom is -0.497 e. The third-order valence-electron chi connectivity index (χ3n) is 5.24. The summed E-state index contributed by atoms with van der Waals surface area (Å²) in [4.78, 5) is 13.1. The van der Waals surface area contributed by atoms with Gasteiger partial charge in [-0.15, -0.1) is 0 Å². The van der Waals surface area contributed by atoms with E-state index in [9.17, 15) is 22.0 Å². The molecule has 0 saturated heterocycles. The van der Waals surface area contributed by atoms with Crippen LogP contribution in [0.25, 0.3) is 0 Å². The molecule has 0 radical (unpaired) electrons. The maximum absolute atomic E-state index is 13.8. The predicted octanol–water partition coefficient (Wildman–Crippen LogP) is 3.55. The van der Waals surface area contributed by atoms with Crippen molar-refractivity contribution < 1.29 is 31.5 Å². The summed E-state index contributed by atoms with van der Waals surface area (Å²) in [6.07, 6.45) is 1.34. The van der Waals surface area contributed by atoms with E-state index in [2.05, 4.69) is 5.32 Å². The molecule has 3 rings (SSSR count). The number of halogens is 2. The summed E-state index contributed by atoms with van der Waals surface area (Å²) in [6, 6.07) is 6.25. The van der Waals surface area contributed by atoms with E-state index in [4.69, 9.17) is 9.47 Å². The maximum Gasteiger partial charge on any atom is 0.244 e. The van der Waals surface area contributed by atoms with Gasteiger partial charge in [-0.05, 0) is 45.0 Å². The highest BCUT2D eigenvalue weighted by atomic mass is 32.2. The van der Waals surface area contributed by atoms with Gasteiger partial charge in [0.05, 0.1) is 25.1 Å². The molecule has 0 unspecified atom stereocenters. The SMILES string of the molecule is COc1ccc2c(c1)OC(C)(C)C[C@@H]2NC(=O)[C@@H](C)N(c1ccc(F)c(F)c1)S(C)(=O)=O. The Morgan fingerprint density at radius 3 is 2.50 bits per heavy atom. The van der Waals surface area contributed by atoms with Crippen LogP contribution in [0.2, 0.25) is 0 Å². The molecule has 1 aliphatic heterocycles. The lowest BCUT2D eigenvalue weighted by atomic mass is 9.89. The lowest BCUT2D eigenvalue weighted by molar-refractivity contribution is -0.123. The second-order valence-electron chi connectivity index (χ2n) is 8.36. The van der Waals surface area contributed by atoms with Crippen molar-refractivity contribution in [2.24, 2.45) is 0 Å². The summed E-state index contributed by atoms with van der Waals surface area (Å²) >= 11 is 0. The van der Waals surface area contributed by atoms with E-state index in [-0.39, 0.29) is 5.69 Å². The Labute approximate surface area is 186 Å². The second-order valence-corrected chi connectivity index (χ2v) is 10.2. The lowest BCUT2D eigenvalue weighted by Crippen LogP contribution is -2.50. The number of nitrogens with one attached hydrogen (secondary N) is 1. The van der Waals surface area contributed by atoms with Crippen LogP contribution in [0.15, 0.2) is 36.4 Å². The van der Waals surface area contributed by atoms with Gasteiger partial charge in [0.1, 0.15) is 23.1 Å². The molecule has 0 bridgehead atoms. The van der Waals surface area contributed by atoms with E-state index in [0.717, 1.165) is 34.3 Å². The summed E-state index contributed by atoms with van der Waals surface area (Å²) in [5.74, 6) is -1.76. The molecule has 0 fully saturated rings. The molecule has 0 aromatic heterocycles. The monoisotopic (exact) mass is 468 g/mol. The maximum atomic E-state index is 13.8. The molecule has 1 aliphatic rings. The first kappa shape index (κ1) is 23.8. The van der Waals surface area contributed by atoms with Crippen molar-refractivity contribution in [3.8, 4) is 11.5 Å². The fourth-order valence-corrected chi connectivity index (χ4v) is 4.98. The number of fused-ring (bicyclic) bond motifs is 1. The topological polar surface area (TPSA) is 84.9 Å². The molecule has 2 aromatic carbocycles. The molecule has 10 heteroatoms. The zero-order valence-corrected chi connectivity index (χ0v) is 19.3. The number of amides is 1. The van der Waals surface area contributed by atoms with Crippen LogP contribution in [0, 0.1) is 11.6 Å². The van der Waals surface area contributed by atoms with Gasteiger partial charge in [-0.25, -0.2) is 17.2 Å². The summed E-state index contributed by atoms with van der Waals surface area (Å²) < 4.78 is 64.0. The molecule has 1 N–H and O–H groups in total. The Morgan fingerprint density at radius 1 is 1.22 bits per heavy atom. The van der Waals surface area contributed by atoms with Crippen molar-refractivity contribution in [1.82, 2.24) is 5.32 Å². The molecular formula is C22H26F2N2O5S. The molecule has 2 aromatic rings. The van der Waals surface area contributed by atoms with E-state index in [1.807, 2.05) is 13.8 Å². The molecule has 0 spiro atoms. The van der Waals surface area contributed by atoms with Gasteiger partial charge in [-0.3, -0.25) is 9.10 Å². The molecular weight excluding hydrogens is 442 g/mol. The normalized spacial score (nSPS) is 18.2. The zero-order chi connectivity index (χ0) is 23.8. The van der Waals surface area contributed by atoms with Crippen LogP contribution in [-0.4, -0.2) is 39.3 Å². The Balaban J connectivity index is 1.92. The highest BCUT2D eigenvalue weighted by Gasteiger charge is 2.37. The first-order valence-electron chi connectivity index (χ1n) is 9.94. The minimum absolute atomic E-state index is 0.147. The van der Waals surface area contributed by atoms with Crippen LogP contribution in [0.1, 0.15) is 38.8 Å². The summed E-state index contributed by atoms with van der Waals surface area (Å²) in [6.45, 7) is 5.14. The Bertz CT molecular complexity index is 1140. The van der Waals surface area contributed by atoms with Gasteiger partial charge in [-0.2, -0.15) is 0 Å². The number of benzene rings is 2. The number of carbonyl (C=O) groups excluding carboxylic acids is 1. The van der Waals surface area contributed by atoms with Crippen LogP contribution in [0.4, 0.5) is 14.5 Å². The highest BCUT2D eigenvalue weighted by molar-refractivity contribution is 7.92. The predicted molar refractivity (Wildman–Crippen MR) is 116 cm³/mol. The summed E-state index contributed by atoms with van der Waals surface area (Å²) in [7, 11) is -2.45. The second kappa shape index (κ2) is 8.57. The average molecular weight is 469 g/mol. The number of methoxy groups -OCH3 is 1. The first-order valence-corrected chi connectivity index (χ1v) is 11.8. The van der Waals surface area contributed by atoms with E-state index in [1.165, 1.54) is 14.0 Å². The quantitative estimate of drug-likeness (QED) is 0.701. The van der Waals surface area contributed by atoms with Crippen LogP contribution in [-0.2, 0) is 14.8 Å². The fraction of sp³-hybridized carbons (Fsp3) is 0.409. The van der Waals surface area contributed by atoms with Gasteiger partial charge in [0, 0.05) is 24.1 Å². The average Bonchev–Trinajstić information content (AvgIpc) is 2.68. The van der Waals surface area contributed by atoms with Gasteiger partial charge in [0.25, 0.3) is 0 Å². The Hall–Kier alpha value is -2.88. The number of hydrogen-bond donors (Lipinski definition) is 1. The third-order valence-corrected chi connectivity index (χ3v) is 6.48. The van der Waals surface area contributed by atoms with Crippen molar-refractivity contribution in [3.63, 3.8) is 0 Å². The largest absolute Gasteiger partial charge is 0.497 e. The molecule has 0 aliphatic carbocycles. The molecule has 2 atom stereocenters. The number of ether oxygens (including phenoxy) is 2. The van der Waals surface area contributed by atoms with Crippen LogP contribution < -0.4 is 19.1 Å². The number of sulfonamides is 1. The Morgan fingerprint density at radius 2 is 1.91 bits per heavy atom. The number of hydrogen-bond acceptors (Lipinski definition) is 5. The third kappa shape index (κ3) is 4.95. The number of nitrogens with zero attached hydrogens (tertiary/aromatic N) is 1. The number of rotatable bonds is 6. The standard InChI is InChI=1S/C22H26F2N2O5S/c1-13(26(32(5,28)29)14-6-9-17(23)18(24)10-14)21(27)25-19-12-22(2,3)31-20-11-15(30-4)7-8-16(19)20/h6-11,13,19H,12H2,1-5H3,(H,25,27)/t13-,19+/m1/s1. The van der Waals surface area contributed by atoms with E-state index in [0.29, 0.717) is 17.9 Å². The van der Waals surface area contributed by atoms with Gasteiger partial charge in [-0.1, -0.05) is 0 Å². The van der Waals surface area contributed by atoms with Gasteiger partial charge < -0.3 is 14.8 Å². The smallest absolute Gasteiger partial charge is 0.244 e. The number of anilines is 1. The highest BCUT2D eigenvalue weighted by Crippen LogP contribution is 2.41. The summed E-state index contributed by atoms with van der Waals surface area (Å²) in [5, 5.41) is 2.88. The van der Waals surface area contributed by atoms with Crippen molar-refractivity contribution in [1.29, 1.82) is 0 Å². The van der Waals surface area contributed by atoms with Gasteiger partial charge in [0.2, 0.25) is 15.9 Å². The Kier molecular flexibility index (Phi) is 6.37. The van der Waals surface area contributed by atoms with E-state index in [1.54, 1.807) is 18.2 Å². The van der Waals surface area contributed by atoms with Crippen LogP contribution in [0.5, 0.6) is 11.5 Å². The molecule has 1 heterocycles. The molecule has 1 amide bonds. The van der Waals surface area contributed by atoms with Crippen molar-refractivity contribution in [3.05, 3.63) is 53.6 Å². The zero-order valence-electron chi connectivity index (χ0n) is 18.5. The van der Waals surface area contributed by atoms with Gasteiger partial charge >= 0.3 is 0 Å². The van der Waals surface area contributed by atoms with E-state index >= 15 is 0 Å². The van der Waals surface area contributed by atoms with Crippen molar-refractivity contribution >= 4 is 21.6 Å². The molecule has 174 valence electrons. The van der Waals surface area contributed by atoms with Crippen molar-refractivity contribution in [2.75, 3.05) is 17.7 Å². The molecule has 0 saturated carbocycles. The summed E-state index contributed by atoms with van der Waals surface area (Å²) in [5.41, 5.74) is -0.0205. The van der Waals surface area contributed by atoms with Crippen LogP contribution in [0.3, 0.4) is 0 Å². The minimum atomic E-state index is -3.98.